The van der Waals surface area contributed by atoms with Crippen LogP contribution in [0.5, 0.6) is 12.0 Å². The van der Waals surface area contributed by atoms with Gasteiger partial charge in [-0.2, -0.15) is 19.9 Å². The lowest BCUT2D eigenvalue weighted by Crippen LogP contribution is -2.66. The van der Waals surface area contributed by atoms with Gasteiger partial charge in [0.05, 0.1) is 39.1 Å². The van der Waals surface area contributed by atoms with Gasteiger partial charge in [0.2, 0.25) is 0 Å². The molecule has 4 aromatic heterocycles. The van der Waals surface area contributed by atoms with Gasteiger partial charge in [-0.05, 0) is 75.7 Å². The Morgan fingerprint density at radius 2 is 1.15 bits per heavy atom. The van der Waals surface area contributed by atoms with Crippen LogP contribution in [0.2, 0.25) is 50.3 Å². The maximum atomic E-state index is 10.3. The van der Waals surface area contributed by atoms with E-state index in [1.54, 1.807) is 18.5 Å². The summed E-state index contributed by atoms with van der Waals surface area (Å²) in [7, 11) is -8.13. The molecule has 3 aliphatic heterocycles. The summed E-state index contributed by atoms with van der Waals surface area (Å²) in [5.74, 6) is 0.344. The van der Waals surface area contributed by atoms with E-state index in [0.29, 0.717) is 59.4 Å². The second-order valence-electron chi connectivity index (χ2n) is 23.6. The molecule has 438 valence electrons. The summed E-state index contributed by atoms with van der Waals surface area (Å²) in [6.45, 7) is 29.7. The fourth-order valence-electron chi connectivity index (χ4n) is 10.3. The Bertz CT molecular complexity index is 3030. The Morgan fingerprint density at radius 1 is 0.688 bits per heavy atom. The minimum Gasteiger partial charge on any atom is -0.463 e. The second kappa shape index (κ2) is 24.8. The molecular formula is C54H80Cl2N10O11Si3. The van der Waals surface area contributed by atoms with Crippen molar-refractivity contribution >= 4 is 82.6 Å². The minimum atomic E-state index is -2.97. The van der Waals surface area contributed by atoms with E-state index >= 15 is 0 Å². The monoisotopic (exact) mass is 1200 g/mol. The quantitative estimate of drug-likeness (QED) is 0.0532. The molecule has 9 rings (SSSR count). The topological polar surface area (TPSA) is 274 Å². The molecule has 2 aromatic carbocycles. The van der Waals surface area contributed by atoms with Crippen LogP contribution in [0.4, 0.5) is 11.6 Å². The Morgan fingerprint density at radius 3 is 1.57 bits per heavy atom. The predicted molar refractivity (Wildman–Crippen MR) is 314 cm³/mol. The number of ether oxygens (including phenoxy) is 4. The van der Waals surface area contributed by atoms with Crippen molar-refractivity contribution in [2.24, 2.45) is 0 Å². The molecule has 0 spiro atoms. The average molecular weight is 1200 g/mol. The first-order chi connectivity index (χ1) is 37.7. The fraction of sp³-hybridized carbons (Fsp3) is 0.593. The standard InChI is InChI=1S/C36H60ClN5O6Si3.C18H20ClN5O5/c1-22(2)50(23(3)4)44-20-28-30(47-51(48-50,24(5)6)25(7)8)31(46-49(12,13)36(9,10)11)34(45-28)42-21-39-29-32(38)40-35(41-33(29)42)43-19-18-26-14-16-27(37)17-15-26;19-10-3-1-9(2-4-10)5-6-28-18-22-15(20)12-16(23-18)24(8-21-12)17-14(27)13(26)11(7-25)29-17/h14-17,21-25,28,30-31,34H,18-20H2,1-13H3,(H2,38,40,41);1-4,8,11,13-14,17,25-27H,5-7H2,(H2,20,22,23)/t28-,30-,31-,34-;11-,13-,14-,17-/m11/s1. The van der Waals surface area contributed by atoms with Crippen LogP contribution in [0.15, 0.2) is 61.2 Å². The van der Waals surface area contributed by atoms with Crippen molar-refractivity contribution in [3.05, 3.63) is 82.4 Å². The summed E-state index contributed by atoms with van der Waals surface area (Å²) in [4.78, 5) is 26.5. The van der Waals surface area contributed by atoms with E-state index in [1.165, 1.54) is 10.9 Å². The first kappa shape index (κ1) is 61.7. The fourth-order valence-corrected chi connectivity index (χ4v) is 23.0. The smallest absolute Gasteiger partial charge is 0.335 e. The highest BCUT2D eigenvalue weighted by Gasteiger charge is 2.63. The molecule has 0 aliphatic carbocycles. The van der Waals surface area contributed by atoms with Gasteiger partial charge in [-0.15, -0.1) is 0 Å². The highest BCUT2D eigenvalue weighted by atomic mass is 35.5. The zero-order valence-electron chi connectivity index (χ0n) is 48.0. The van der Waals surface area contributed by atoms with Crippen LogP contribution >= 0.6 is 23.2 Å². The number of halogens is 2. The van der Waals surface area contributed by atoms with E-state index in [2.05, 4.69) is 114 Å². The lowest BCUT2D eigenvalue weighted by molar-refractivity contribution is -0.0565. The minimum absolute atomic E-state index is 0.0532. The van der Waals surface area contributed by atoms with Gasteiger partial charge in [-0.3, -0.25) is 9.13 Å². The lowest BCUT2D eigenvalue weighted by Gasteiger charge is -2.52. The number of nitrogens with two attached hydrogens (primary N) is 2. The largest absolute Gasteiger partial charge is 0.463 e. The second-order valence-corrected chi connectivity index (χ2v) is 38.0. The SMILES string of the molecule is CC(C)[Si]1(C(C)C)OC[C@H]2O[C@@H](n3cnc4c(N)nc(OCCc5ccc(Cl)cc5)nc43)[C@H](O[Si](C)(C)C(C)(C)C)[C@@H]2O[Si](C(C)C)(C(C)C)O1.Nc1nc(OCCc2ccc(Cl)cc2)nc2c1ncn2[C@@H]1O[C@H](CO)[C@@H](O)[C@H]1O. The molecule has 80 heavy (non-hydrogen) atoms. The molecule has 7 heterocycles. The zero-order chi connectivity index (χ0) is 58.2. The Kier molecular flexibility index (Phi) is 19.1. The van der Waals surface area contributed by atoms with Gasteiger partial charge in [-0.1, -0.05) is 124 Å². The van der Waals surface area contributed by atoms with Gasteiger partial charge in [-0.25, -0.2) is 9.97 Å². The first-order valence-corrected chi connectivity index (χ1v) is 35.0. The number of aromatic nitrogens is 8. The van der Waals surface area contributed by atoms with Gasteiger partial charge in [0, 0.05) is 22.9 Å². The van der Waals surface area contributed by atoms with Gasteiger partial charge in [0.15, 0.2) is 54.7 Å². The number of aliphatic hydroxyl groups is 3. The molecule has 0 amide bonds. The molecule has 8 atom stereocenters. The van der Waals surface area contributed by atoms with Gasteiger partial charge < -0.3 is 63.1 Å². The van der Waals surface area contributed by atoms with Crippen LogP contribution in [0.1, 0.15) is 99.7 Å². The number of hydrogen-bond donors (Lipinski definition) is 5. The molecule has 6 aromatic rings. The van der Waals surface area contributed by atoms with E-state index in [4.69, 9.17) is 76.0 Å². The third-order valence-corrected chi connectivity index (χ3v) is 31.1. The maximum Gasteiger partial charge on any atom is 0.335 e. The van der Waals surface area contributed by atoms with E-state index in [9.17, 15) is 15.3 Å². The summed E-state index contributed by atoms with van der Waals surface area (Å²) in [5.41, 5.74) is 16.9. The number of nitrogens with zero attached hydrogens (tertiary/aromatic N) is 8. The van der Waals surface area contributed by atoms with E-state index < -0.39 is 81.1 Å². The molecule has 0 radical (unpaired) electrons. The molecule has 0 unspecified atom stereocenters. The third kappa shape index (κ3) is 12.7. The zero-order valence-corrected chi connectivity index (χ0v) is 52.6. The Hall–Kier alpha value is -4.39. The highest BCUT2D eigenvalue weighted by Crippen LogP contribution is 2.51. The highest BCUT2D eigenvalue weighted by molar-refractivity contribution is 6.84. The summed E-state index contributed by atoms with van der Waals surface area (Å²) >= 11 is 11.9. The van der Waals surface area contributed by atoms with Gasteiger partial charge in [0.1, 0.15) is 36.6 Å². The number of fused-ring (bicyclic) bond motifs is 3. The van der Waals surface area contributed by atoms with Crippen LogP contribution in [-0.4, -0.2) is 143 Å². The van der Waals surface area contributed by atoms with Crippen molar-refractivity contribution in [3.8, 4) is 12.0 Å². The Labute approximate surface area is 481 Å². The number of aliphatic hydroxyl groups excluding tert-OH is 3. The molecule has 0 saturated carbocycles. The summed E-state index contributed by atoms with van der Waals surface area (Å²) in [6, 6.07) is 15.3. The van der Waals surface area contributed by atoms with Crippen LogP contribution in [-0.2, 0) is 39.7 Å². The molecule has 3 aliphatic rings. The average Bonchev–Trinajstić information content (AvgIpc) is 4.21. The van der Waals surface area contributed by atoms with E-state index in [-0.39, 0.29) is 56.5 Å². The number of hydrogen-bond acceptors (Lipinski definition) is 19. The van der Waals surface area contributed by atoms with Crippen molar-refractivity contribution in [2.45, 2.75) is 178 Å². The number of rotatable bonds is 17. The van der Waals surface area contributed by atoms with Crippen molar-refractivity contribution in [1.29, 1.82) is 0 Å². The maximum absolute atomic E-state index is 10.3. The lowest BCUT2D eigenvalue weighted by atomic mass is 10.1. The summed E-state index contributed by atoms with van der Waals surface area (Å²) < 4.78 is 57.2. The summed E-state index contributed by atoms with van der Waals surface area (Å²) in [6.07, 6.45) is -2.01. The number of anilines is 2. The first-order valence-electron chi connectivity index (χ1n) is 27.4. The molecule has 0 bridgehead atoms. The van der Waals surface area contributed by atoms with Crippen LogP contribution in [0.3, 0.4) is 0 Å². The molecule has 3 saturated heterocycles. The number of benzene rings is 2. The van der Waals surface area contributed by atoms with Crippen LogP contribution in [0, 0.1) is 0 Å². The van der Waals surface area contributed by atoms with Gasteiger partial charge >= 0.3 is 29.1 Å². The van der Waals surface area contributed by atoms with E-state index in [0.717, 1.165) is 11.1 Å². The van der Waals surface area contributed by atoms with E-state index in [1.807, 2.05) is 41.0 Å². The third-order valence-electron chi connectivity index (χ3n) is 15.8. The number of imidazole rings is 2. The van der Waals surface area contributed by atoms with Crippen LogP contribution in [0.25, 0.3) is 22.3 Å². The molecule has 21 nitrogen and oxygen atoms in total. The normalized spacial score (nSPS) is 24.1. The van der Waals surface area contributed by atoms with Crippen molar-refractivity contribution in [1.82, 2.24) is 39.0 Å². The molecule has 26 heteroatoms. The molecule has 3 fully saturated rings. The van der Waals surface area contributed by atoms with Crippen molar-refractivity contribution in [3.63, 3.8) is 0 Å². The number of nitrogen functional groups attached to an aromatic ring is 2. The summed E-state index contributed by atoms with van der Waals surface area (Å²) in [5, 5.41) is 30.8. The molecule has 7 N–H and O–H groups in total. The van der Waals surface area contributed by atoms with Gasteiger partial charge in [0.25, 0.3) is 0 Å². The predicted octanol–water partition coefficient (Wildman–Crippen LogP) is 9.22. The van der Waals surface area contributed by atoms with Crippen molar-refractivity contribution in [2.75, 3.05) is 37.9 Å². The van der Waals surface area contributed by atoms with Crippen molar-refractivity contribution < 1.29 is 51.7 Å². The Balaban J connectivity index is 0.000000244. The molecular weight excluding hydrogens is 1120 g/mol. The van der Waals surface area contributed by atoms with Crippen LogP contribution < -0.4 is 20.9 Å².